The van der Waals surface area contributed by atoms with Gasteiger partial charge in [0, 0.05) is 61.0 Å². The van der Waals surface area contributed by atoms with Crippen LogP contribution in [-0.2, 0) is 0 Å². The van der Waals surface area contributed by atoms with Gasteiger partial charge in [-0.05, 0) is 42.3 Å². The van der Waals surface area contributed by atoms with Crippen molar-refractivity contribution in [2.24, 2.45) is 0 Å². The van der Waals surface area contributed by atoms with Gasteiger partial charge < -0.3 is 16.0 Å². The van der Waals surface area contributed by atoms with E-state index in [0.29, 0.717) is 12.0 Å². The fourth-order valence-electron chi connectivity index (χ4n) is 4.36. The summed E-state index contributed by atoms with van der Waals surface area (Å²) in [6, 6.07) is 5.31. The summed E-state index contributed by atoms with van der Waals surface area (Å²) in [6.45, 7) is 6.37. The number of nitrogens with zero attached hydrogens (tertiary/aromatic N) is 1. The number of nitrogens with one attached hydrogen (secondary N) is 3. The lowest BCUT2D eigenvalue weighted by atomic mass is 9.88. The number of allylic oxidation sites excluding steroid dienone is 2. The van der Waals surface area contributed by atoms with Crippen LogP contribution in [0.15, 0.2) is 35.9 Å². The van der Waals surface area contributed by atoms with Crippen LogP contribution >= 0.6 is 11.9 Å². The van der Waals surface area contributed by atoms with Crippen molar-refractivity contribution in [2.45, 2.75) is 31.7 Å². The minimum absolute atomic E-state index is 0.457. The molecule has 0 spiro atoms. The third-order valence-electron chi connectivity index (χ3n) is 5.69. The molecule has 3 N–H and O–H groups in total. The van der Waals surface area contributed by atoms with E-state index in [4.69, 9.17) is 0 Å². The van der Waals surface area contributed by atoms with E-state index in [-0.39, 0.29) is 0 Å². The van der Waals surface area contributed by atoms with Crippen molar-refractivity contribution in [1.29, 1.82) is 0 Å². The number of fused-ring (bicyclic) bond motifs is 1. The van der Waals surface area contributed by atoms with Crippen LogP contribution in [-0.4, -0.2) is 49.3 Å². The second kappa shape index (κ2) is 9.21. The van der Waals surface area contributed by atoms with Crippen molar-refractivity contribution >= 4 is 29.9 Å². The number of anilines is 1. The van der Waals surface area contributed by atoms with Crippen LogP contribution in [0.1, 0.15) is 31.2 Å². The van der Waals surface area contributed by atoms with Gasteiger partial charge in [0.25, 0.3) is 0 Å². The molecule has 0 radical (unpaired) electrons. The SMILES string of the molecule is CCSN1CCC(Nc2cc(C3C=C(CNC)C=CC3)cc3c2=CNCC=3)C1. The molecule has 2 unspecified atom stereocenters. The van der Waals surface area contributed by atoms with Gasteiger partial charge in [0.2, 0.25) is 0 Å². The second-order valence-corrected chi connectivity index (χ2v) is 9.13. The average Bonchev–Trinajstić information content (AvgIpc) is 3.16. The third-order valence-corrected chi connectivity index (χ3v) is 6.64. The number of rotatable bonds is 7. The van der Waals surface area contributed by atoms with Crippen LogP contribution in [0.5, 0.6) is 0 Å². The normalized spacial score (nSPS) is 24.0. The van der Waals surface area contributed by atoms with Crippen molar-refractivity contribution in [3.05, 3.63) is 51.9 Å². The maximum atomic E-state index is 3.88. The average molecular weight is 397 g/mol. The molecule has 4 nitrogen and oxygen atoms in total. The summed E-state index contributed by atoms with van der Waals surface area (Å²) in [5.41, 5.74) is 4.08. The molecule has 0 bridgehead atoms. The van der Waals surface area contributed by atoms with E-state index < -0.39 is 0 Å². The topological polar surface area (TPSA) is 39.3 Å². The molecule has 0 aromatic heterocycles. The summed E-state index contributed by atoms with van der Waals surface area (Å²) in [4.78, 5) is 0. The molecule has 5 heteroatoms. The van der Waals surface area contributed by atoms with Crippen molar-refractivity contribution in [3.63, 3.8) is 0 Å². The molecule has 3 aliphatic rings. The molecule has 1 aliphatic carbocycles. The number of hydrogen-bond acceptors (Lipinski definition) is 5. The monoisotopic (exact) mass is 396 g/mol. The zero-order chi connectivity index (χ0) is 19.3. The number of hydrogen-bond donors (Lipinski definition) is 3. The first kappa shape index (κ1) is 19.6. The Labute approximate surface area is 173 Å². The molecule has 4 rings (SSSR count). The van der Waals surface area contributed by atoms with Crippen LogP contribution in [0.2, 0.25) is 0 Å². The largest absolute Gasteiger partial charge is 0.387 e. The van der Waals surface area contributed by atoms with Gasteiger partial charge in [-0.2, -0.15) is 0 Å². The van der Waals surface area contributed by atoms with Crippen LogP contribution in [0.4, 0.5) is 5.69 Å². The summed E-state index contributed by atoms with van der Waals surface area (Å²) in [5.74, 6) is 1.61. The Morgan fingerprint density at radius 3 is 3.11 bits per heavy atom. The van der Waals surface area contributed by atoms with Gasteiger partial charge in [0.1, 0.15) is 0 Å². The Kier molecular flexibility index (Phi) is 6.45. The fourth-order valence-corrected chi connectivity index (χ4v) is 5.25. The highest BCUT2D eigenvalue weighted by atomic mass is 32.2. The Balaban J connectivity index is 1.62. The van der Waals surface area contributed by atoms with Gasteiger partial charge in [-0.15, -0.1) is 0 Å². The molecule has 2 aliphatic heterocycles. The molecule has 1 aromatic rings. The molecule has 2 atom stereocenters. The Bertz CT molecular complexity index is 873. The third kappa shape index (κ3) is 4.48. The van der Waals surface area contributed by atoms with Crippen molar-refractivity contribution in [3.8, 4) is 0 Å². The number of benzene rings is 1. The Morgan fingerprint density at radius 1 is 1.32 bits per heavy atom. The second-order valence-electron chi connectivity index (χ2n) is 7.78. The first-order valence-electron chi connectivity index (χ1n) is 10.5. The standard InChI is InChI=1S/C23H32N4S/c1-3-28-27-10-8-21(16-27)26-23-13-20(12-19-7-9-25-15-22(19)23)18-6-4-5-17(11-18)14-24-2/h4-5,7,11-13,15,18,21,24-26H,3,6,8-10,14,16H2,1-2H3. The first-order chi connectivity index (χ1) is 13.8. The quantitative estimate of drug-likeness (QED) is 0.616. The molecule has 150 valence electrons. The lowest BCUT2D eigenvalue weighted by molar-refractivity contribution is 0.579. The smallest absolute Gasteiger partial charge is 0.0440 e. The number of likely N-dealkylation sites (N-methyl/N-ethyl adjacent to an activating group) is 1. The van der Waals surface area contributed by atoms with E-state index in [2.05, 4.69) is 69.8 Å². The molecule has 0 saturated carbocycles. The van der Waals surface area contributed by atoms with E-state index in [1.807, 2.05) is 19.0 Å². The summed E-state index contributed by atoms with van der Waals surface area (Å²) >= 11 is 1.96. The fraction of sp³-hybridized carbons (Fsp3) is 0.478. The van der Waals surface area contributed by atoms with Gasteiger partial charge in [0.15, 0.2) is 0 Å². The summed E-state index contributed by atoms with van der Waals surface area (Å²) < 4.78 is 2.50. The van der Waals surface area contributed by atoms with Gasteiger partial charge in [0.05, 0.1) is 0 Å². The highest BCUT2D eigenvalue weighted by Gasteiger charge is 2.23. The molecule has 28 heavy (non-hydrogen) atoms. The van der Waals surface area contributed by atoms with Gasteiger partial charge >= 0.3 is 0 Å². The Hall–Kier alpha value is -1.69. The van der Waals surface area contributed by atoms with Crippen LogP contribution in [0.25, 0.3) is 12.3 Å². The lowest BCUT2D eigenvalue weighted by Gasteiger charge is -2.22. The molecule has 2 heterocycles. The Morgan fingerprint density at radius 2 is 2.25 bits per heavy atom. The minimum Gasteiger partial charge on any atom is -0.387 e. The van der Waals surface area contributed by atoms with Crippen LogP contribution in [0, 0.1) is 0 Å². The first-order valence-corrected chi connectivity index (χ1v) is 11.4. The van der Waals surface area contributed by atoms with Gasteiger partial charge in [-0.3, -0.25) is 0 Å². The minimum atomic E-state index is 0.457. The van der Waals surface area contributed by atoms with Gasteiger partial charge in [-0.1, -0.05) is 49.2 Å². The molecule has 1 saturated heterocycles. The van der Waals surface area contributed by atoms with Crippen molar-refractivity contribution in [1.82, 2.24) is 14.9 Å². The maximum absolute atomic E-state index is 3.88. The summed E-state index contributed by atoms with van der Waals surface area (Å²) in [5, 5.41) is 13.2. The molecular weight excluding hydrogens is 364 g/mol. The zero-order valence-corrected chi connectivity index (χ0v) is 17.8. The summed E-state index contributed by atoms with van der Waals surface area (Å²) in [6.07, 6.45) is 13.8. The predicted octanol–water partition coefficient (Wildman–Crippen LogP) is 2.15. The summed E-state index contributed by atoms with van der Waals surface area (Å²) in [7, 11) is 2.01. The van der Waals surface area contributed by atoms with E-state index >= 15 is 0 Å². The van der Waals surface area contributed by atoms with E-state index in [1.54, 1.807) is 0 Å². The van der Waals surface area contributed by atoms with Crippen molar-refractivity contribution < 1.29 is 0 Å². The zero-order valence-electron chi connectivity index (χ0n) is 17.0. The van der Waals surface area contributed by atoms with Gasteiger partial charge in [-0.25, -0.2) is 4.31 Å². The molecule has 1 fully saturated rings. The van der Waals surface area contributed by atoms with E-state index in [1.165, 1.54) is 40.2 Å². The highest BCUT2D eigenvalue weighted by Crippen LogP contribution is 2.28. The van der Waals surface area contributed by atoms with Crippen LogP contribution < -0.4 is 26.4 Å². The molecule has 1 aromatic carbocycles. The van der Waals surface area contributed by atoms with E-state index in [9.17, 15) is 0 Å². The maximum Gasteiger partial charge on any atom is 0.0440 e. The molecular formula is C23H32N4S. The lowest BCUT2D eigenvalue weighted by Crippen LogP contribution is -2.37. The molecule has 0 amide bonds. The predicted molar refractivity (Wildman–Crippen MR) is 123 cm³/mol. The van der Waals surface area contributed by atoms with Crippen LogP contribution in [0.3, 0.4) is 0 Å². The van der Waals surface area contributed by atoms with E-state index in [0.717, 1.165) is 31.8 Å². The van der Waals surface area contributed by atoms with Crippen molar-refractivity contribution in [2.75, 3.05) is 44.3 Å². The highest BCUT2D eigenvalue weighted by molar-refractivity contribution is 7.96.